The van der Waals surface area contributed by atoms with Gasteiger partial charge < -0.3 is 0 Å². The Kier molecular flexibility index (Phi) is 3.32. The molecular weight excluding hydrogens is 194 g/mol. The maximum absolute atomic E-state index is 7.36. The second-order valence-corrected chi connectivity index (χ2v) is 3.63. The Hall–Kier alpha value is -2.11. The molecule has 78 valence electrons. The van der Waals surface area contributed by atoms with Gasteiger partial charge in [0.1, 0.15) is 0 Å². The van der Waals surface area contributed by atoms with Crippen LogP contribution in [0.4, 0.5) is 0 Å². The molecule has 1 N–H and O–H groups in total. The third kappa shape index (κ3) is 2.47. The Morgan fingerprint density at radius 3 is 2.00 bits per heavy atom. The molecule has 2 aromatic carbocycles. The van der Waals surface area contributed by atoms with Gasteiger partial charge in [0.25, 0.3) is 0 Å². The van der Waals surface area contributed by atoms with Gasteiger partial charge in [-0.2, -0.15) is 0 Å². The fourth-order valence-corrected chi connectivity index (χ4v) is 1.66. The van der Waals surface area contributed by atoms with Crippen molar-refractivity contribution in [1.29, 1.82) is 5.41 Å². The molecule has 1 heteroatoms. The Balaban J connectivity index is 2.24. The van der Waals surface area contributed by atoms with Crippen LogP contribution < -0.4 is 0 Å². The molecule has 0 saturated carbocycles. The molecule has 0 amide bonds. The molecule has 0 unspecified atom stereocenters. The first-order chi connectivity index (χ1) is 7.90. The Bertz CT molecular complexity index is 493. The van der Waals surface area contributed by atoms with Crippen molar-refractivity contribution >= 4 is 11.4 Å². The minimum Gasteiger partial charge on any atom is -0.258 e. The van der Waals surface area contributed by atoms with E-state index in [0.717, 1.165) is 17.6 Å². The summed E-state index contributed by atoms with van der Waals surface area (Å²) >= 11 is 0. The fourth-order valence-electron chi connectivity index (χ4n) is 1.66. The summed E-state index contributed by atoms with van der Waals surface area (Å²) in [7, 11) is 0. The molecule has 0 aliphatic carbocycles. The van der Waals surface area contributed by atoms with Crippen LogP contribution in [0.25, 0.3) is 5.57 Å². The number of nitrogens with one attached hydrogen (secondary N) is 1. The quantitative estimate of drug-likeness (QED) is 0.744. The van der Waals surface area contributed by atoms with E-state index in [2.05, 4.69) is 18.0 Å². The van der Waals surface area contributed by atoms with E-state index in [9.17, 15) is 0 Å². The first kappa shape index (κ1) is 10.4. The second-order valence-electron chi connectivity index (χ2n) is 3.63. The van der Waals surface area contributed by atoms with Crippen molar-refractivity contribution in [1.82, 2.24) is 0 Å². The fraction of sp³-hybridized carbons (Fsp3) is 0.0667. The van der Waals surface area contributed by atoms with Gasteiger partial charge in [-0.3, -0.25) is 5.41 Å². The van der Waals surface area contributed by atoms with Crippen LogP contribution in [0.15, 0.2) is 60.7 Å². The van der Waals surface area contributed by atoms with E-state index in [-0.39, 0.29) is 0 Å². The summed E-state index contributed by atoms with van der Waals surface area (Å²) < 4.78 is 0. The average Bonchev–Trinajstić information content (AvgIpc) is 2.38. The summed E-state index contributed by atoms with van der Waals surface area (Å²) in [5.41, 5.74) is 3.20. The van der Waals surface area contributed by atoms with Gasteiger partial charge in [0.15, 0.2) is 0 Å². The molecule has 0 heterocycles. The van der Waals surface area contributed by atoms with E-state index < -0.39 is 0 Å². The zero-order chi connectivity index (χ0) is 11.2. The predicted octanol–water partition coefficient (Wildman–Crippen LogP) is 3.56. The lowest BCUT2D eigenvalue weighted by Crippen LogP contribution is -1.90. The normalized spacial score (nSPS) is 9.50. The minimum absolute atomic E-state index is 0.758. The van der Waals surface area contributed by atoms with Crippen molar-refractivity contribution in [2.45, 2.75) is 6.42 Å². The highest BCUT2D eigenvalue weighted by atomic mass is 14.3. The molecule has 0 aliphatic rings. The molecule has 0 atom stereocenters. The summed E-state index contributed by atoms with van der Waals surface area (Å²) in [6.07, 6.45) is 0.758. The molecule has 1 nitrogen and oxygen atoms in total. The highest BCUT2D eigenvalue weighted by molar-refractivity contribution is 5.89. The molecule has 0 spiro atoms. The molecule has 0 aliphatic heterocycles. The third-order valence-electron chi connectivity index (χ3n) is 2.50. The predicted molar refractivity (Wildman–Crippen MR) is 67.7 cm³/mol. The zero-order valence-electron chi connectivity index (χ0n) is 8.98. The first-order valence-electron chi connectivity index (χ1n) is 5.28. The van der Waals surface area contributed by atoms with Crippen molar-refractivity contribution in [3.8, 4) is 0 Å². The SMILES string of the molecule is N=C=C(Cc1ccccc1)c1ccccc1. The lowest BCUT2D eigenvalue weighted by Gasteiger charge is -2.04. The van der Waals surface area contributed by atoms with Gasteiger partial charge in [-0.25, -0.2) is 0 Å². The smallest absolute Gasteiger partial charge is 0.0245 e. The standard InChI is InChI=1S/C15H13N/c16-12-15(14-9-5-2-6-10-14)11-13-7-3-1-4-8-13/h1-10,16H,11H2. The number of allylic oxidation sites excluding steroid dienone is 1. The van der Waals surface area contributed by atoms with Crippen molar-refractivity contribution in [3.63, 3.8) is 0 Å². The third-order valence-corrected chi connectivity index (χ3v) is 2.50. The summed E-state index contributed by atoms with van der Waals surface area (Å²) in [4.78, 5) is 0. The summed E-state index contributed by atoms with van der Waals surface area (Å²) in [5, 5.41) is 7.36. The van der Waals surface area contributed by atoms with Gasteiger partial charge in [0.2, 0.25) is 0 Å². The highest BCUT2D eigenvalue weighted by Crippen LogP contribution is 2.16. The second kappa shape index (κ2) is 5.11. The van der Waals surface area contributed by atoms with E-state index in [1.165, 1.54) is 5.56 Å². The number of benzene rings is 2. The van der Waals surface area contributed by atoms with E-state index in [0.29, 0.717) is 0 Å². The van der Waals surface area contributed by atoms with Crippen molar-refractivity contribution in [2.24, 2.45) is 0 Å². The van der Waals surface area contributed by atoms with E-state index in [4.69, 9.17) is 5.41 Å². The molecule has 0 saturated heterocycles. The van der Waals surface area contributed by atoms with Crippen LogP contribution in [-0.2, 0) is 6.42 Å². The van der Waals surface area contributed by atoms with Gasteiger partial charge >= 0.3 is 0 Å². The molecule has 2 rings (SSSR count). The summed E-state index contributed by atoms with van der Waals surface area (Å²) in [6.45, 7) is 0. The summed E-state index contributed by atoms with van der Waals surface area (Å²) in [5.74, 6) is 2.53. The van der Waals surface area contributed by atoms with Gasteiger partial charge in [-0.05, 0) is 17.0 Å². The average molecular weight is 207 g/mol. The Labute approximate surface area is 95.6 Å². The maximum Gasteiger partial charge on any atom is 0.0245 e. The van der Waals surface area contributed by atoms with Crippen molar-refractivity contribution in [2.75, 3.05) is 0 Å². The monoisotopic (exact) mass is 207 g/mol. The maximum atomic E-state index is 7.36. The molecule has 0 aromatic heterocycles. The van der Waals surface area contributed by atoms with Crippen molar-refractivity contribution < 1.29 is 0 Å². The van der Waals surface area contributed by atoms with Crippen LogP contribution in [-0.4, -0.2) is 5.87 Å². The molecule has 0 radical (unpaired) electrons. The topological polar surface area (TPSA) is 23.9 Å². The van der Waals surface area contributed by atoms with Crippen LogP contribution in [0.3, 0.4) is 0 Å². The van der Waals surface area contributed by atoms with E-state index in [1.54, 1.807) is 0 Å². The molecule has 2 aromatic rings. The van der Waals surface area contributed by atoms with Gasteiger partial charge in [-0.15, -0.1) is 0 Å². The van der Waals surface area contributed by atoms with E-state index in [1.807, 2.05) is 48.5 Å². The van der Waals surface area contributed by atoms with E-state index >= 15 is 0 Å². The van der Waals surface area contributed by atoms with Crippen LogP contribution in [0.2, 0.25) is 0 Å². The lowest BCUT2D eigenvalue weighted by atomic mass is 10.00. The molecule has 16 heavy (non-hydrogen) atoms. The highest BCUT2D eigenvalue weighted by Gasteiger charge is 2.01. The van der Waals surface area contributed by atoms with Gasteiger partial charge in [-0.1, -0.05) is 60.7 Å². The largest absolute Gasteiger partial charge is 0.258 e. The Morgan fingerprint density at radius 1 is 0.875 bits per heavy atom. The van der Waals surface area contributed by atoms with Crippen LogP contribution in [0.1, 0.15) is 11.1 Å². The lowest BCUT2D eigenvalue weighted by molar-refractivity contribution is 1.29. The number of hydrogen-bond acceptors (Lipinski definition) is 1. The van der Waals surface area contributed by atoms with Gasteiger partial charge in [0, 0.05) is 12.0 Å². The van der Waals surface area contributed by atoms with Gasteiger partial charge in [0.05, 0.1) is 0 Å². The summed E-state index contributed by atoms with van der Waals surface area (Å²) in [6, 6.07) is 20.1. The van der Waals surface area contributed by atoms with Crippen LogP contribution in [0, 0.1) is 5.41 Å². The Morgan fingerprint density at radius 2 is 1.44 bits per heavy atom. The zero-order valence-corrected chi connectivity index (χ0v) is 8.98. The molecular formula is C15H13N. The number of rotatable bonds is 3. The van der Waals surface area contributed by atoms with Crippen LogP contribution >= 0.6 is 0 Å². The molecule has 0 fully saturated rings. The minimum atomic E-state index is 0.758. The molecule has 0 bridgehead atoms. The number of hydrogen-bond donors (Lipinski definition) is 1. The first-order valence-corrected chi connectivity index (χ1v) is 5.28. The van der Waals surface area contributed by atoms with Crippen molar-refractivity contribution in [3.05, 3.63) is 71.8 Å². The van der Waals surface area contributed by atoms with Crippen LogP contribution in [0.5, 0.6) is 0 Å².